The van der Waals surface area contributed by atoms with Crippen molar-refractivity contribution in [2.75, 3.05) is 20.3 Å². The van der Waals surface area contributed by atoms with Crippen LogP contribution in [-0.2, 0) is 33.3 Å². The second kappa shape index (κ2) is 9.92. The van der Waals surface area contributed by atoms with Gasteiger partial charge in [0.15, 0.2) is 0 Å². The third-order valence-corrected chi connectivity index (χ3v) is 5.49. The standard InChI is InChI=1S/C22H38O7/c1-9-15(2)10-21(6,19(25)28-12-17-11-27-17)14-22(7,18(24)26-8)13-20(4,5)29-16(3)23/h15,17H,9-14H2,1-8H3. The van der Waals surface area contributed by atoms with Crippen molar-refractivity contribution in [1.82, 2.24) is 0 Å². The van der Waals surface area contributed by atoms with E-state index < -0.39 is 28.4 Å². The number of rotatable bonds is 12. The summed E-state index contributed by atoms with van der Waals surface area (Å²) in [5, 5.41) is 0. The third kappa shape index (κ3) is 7.96. The Bertz CT molecular complexity index is 596. The first-order valence-electron chi connectivity index (χ1n) is 10.3. The molecule has 168 valence electrons. The molecule has 1 fully saturated rings. The fourth-order valence-corrected chi connectivity index (χ4v) is 4.33. The van der Waals surface area contributed by atoms with Crippen LogP contribution in [0.5, 0.6) is 0 Å². The maximum Gasteiger partial charge on any atom is 0.311 e. The first-order chi connectivity index (χ1) is 13.3. The van der Waals surface area contributed by atoms with Crippen LogP contribution in [0, 0.1) is 16.7 Å². The molecule has 0 aromatic rings. The average Bonchev–Trinajstić information content (AvgIpc) is 3.40. The molecule has 7 heteroatoms. The Morgan fingerprint density at radius 2 is 1.66 bits per heavy atom. The maximum absolute atomic E-state index is 13.1. The molecule has 0 radical (unpaired) electrons. The van der Waals surface area contributed by atoms with Crippen molar-refractivity contribution in [2.45, 2.75) is 85.9 Å². The summed E-state index contributed by atoms with van der Waals surface area (Å²) in [4.78, 5) is 37.4. The summed E-state index contributed by atoms with van der Waals surface area (Å²) >= 11 is 0. The van der Waals surface area contributed by atoms with E-state index in [1.165, 1.54) is 14.0 Å². The molecule has 0 aromatic heterocycles. The van der Waals surface area contributed by atoms with Crippen LogP contribution in [0.1, 0.15) is 74.1 Å². The molecule has 29 heavy (non-hydrogen) atoms. The fourth-order valence-electron chi connectivity index (χ4n) is 4.33. The second-order valence-electron chi connectivity index (χ2n) is 9.59. The Labute approximate surface area is 174 Å². The van der Waals surface area contributed by atoms with E-state index in [2.05, 4.69) is 13.8 Å². The highest BCUT2D eigenvalue weighted by molar-refractivity contribution is 5.81. The normalized spacial score (nSPS) is 21.3. The fraction of sp³-hybridized carbons (Fsp3) is 0.864. The molecular formula is C22H38O7. The zero-order chi connectivity index (χ0) is 22.5. The highest BCUT2D eigenvalue weighted by Gasteiger charge is 2.49. The molecule has 0 spiro atoms. The van der Waals surface area contributed by atoms with E-state index in [9.17, 15) is 14.4 Å². The Hall–Kier alpha value is -1.63. The molecule has 1 aliphatic heterocycles. The topological polar surface area (TPSA) is 91.4 Å². The Morgan fingerprint density at radius 3 is 2.10 bits per heavy atom. The van der Waals surface area contributed by atoms with Crippen LogP contribution in [-0.4, -0.2) is 49.9 Å². The van der Waals surface area contributed by atoms with Crippen LogP contribution < -0.4 is 0 Å². The molecule has 0 N–H and O–H groups in total. The lowest BCUT2D eigenvalue weighted by Crippen LogP contribution is -2.45. The first-order valence-corrected chi connectivity index (χ1v) is 10.3. The van der Waals surface area contributed by atoms with Gasteiger partial charge in [0.1, 0.15) is 18.3 Å². The predicted molar refractivity (Wildman–Crippen MR) is 108 cm³/mol. The minimum atomic E-state index is -1.04. The highest BCUT2D eigenvalue weighted by Crippen LogP contribution is 2.45. The highest BCUT2D eigenvalue weighted by atomic mass is 16.6. The number of ether oxygens (including phenoxy) is 4. The van der Waals surface area contributed by atoms with Crippen molar-refractivity contribution in [3.8, 4) is 0 Å². The first kappa shape index (κ1) is 25.4. The van der Waals surface area contributed by atoms with E-state index >= 15 is 0 Å². The summed E-state index contributed by atoms with van der Waals surface area (Å²) in [6, 6.07) is 0. The lowest BCUT2D eigenvalue weighted by Gasteiger charge is -2.40. The Kier molecular flexibility index (Phi) is 8.69. The van der Waals surface area contributed by atoms with E-state index in [1.807, 2.05) is 6.92 Å². The van der Waals surface area contributed by atoms with Crippen LogP contribution in [0.4, 0.5) is 0 Å². The zero-order valence-corrected chi connectivity index (χ0v) is 19.3. The average molecular weight is 415 g/mol. The van der Waals surface area contributed by atoms with Gasteiger partial charge in [0.25, 0.3) is 0 Å². The van der Waals surface area contributed by atoms with Gasteiger partial charge in [-0.05, 0) is 46.5 Å². The number of carbonyl (C=O) groups is 3. The summed E-state index contributed by atoms with van der Waals surface area (Å²) in [5.74, 6) is -0.929. The molecule has 0 bridgehead atoms. The van der Waals surface area contributed by atoms with Crippen LogP contribution in [0.15, 0.2) is 0 Å². The molecule has 1 heterocycles. The van der Waals surface area contributed by atoms with Gasteiger partial charge in [0.05, 0.1) is 24.5 Å². The van der Waals surface area contributed by atoms with Crippen LogP contribution in [0.2, 0.25) is 0 Å². The van der Waals surface area contributed by atoms with Crippen molar-refractivity contribution >= 4 is 17.9 Å². The lowest BCUT2D eigenvalue weighted by molar-refractivity contribution is -0.172. The van der Waals surface area contributed by atoms with Crippen molar-refractivity contribution in [3.05, 3.63) is 0 Å². The smallest absolute Gasteiger partial charge is 0.311 e. The van der Waals surface area contributed by atoms with Crippen molar-refractivity contribution in [1.29, 1.82) is 0 Å². The van der Waals surface area contributed by atoms with Crippen molar-refractivity contribution < 1.29 is 33.3 Å². The van der Waals surface area contributed by atoms with Gasteiger partial charge in [-0.3, -0.25) is 14.4 Å². The lowest BCUT2D eigenvalue weighted by atomic mass is 9.65. The summed E-state index contributed by atoms with van der Waals surface area (Å²) in [6.45, 7) is 13.4. The predicted octanol–water partition coefficient (Wildman–Crippen LogP) is 3.67. The van der Waals surface area contributed by atoms with E-state index in [4.69, 9.17) is 18.9 Å². The van der Waals surface area contributed by atoms with Gasteiger partial charge >= 0.3 is 17.9 Å². The molecule has 0 saturated carbocycles. The van der Waals surface area contributed by atoms with Gasteiger partial charge in [0, 0.05) is 13.3 Å². The Balaban J connectivity index is 3.15. The molecule has 0 aliphatic carbocycles. The van der Waals surface area contributed by atoms with Gasteiger partial charge < -0.3 is 18.9 Å². The van der Waals surface area contributed by atoms with E-state index in [0.29, 0.717) is 13.0 Å². The molecular weight excluding hydrogens is 376 g/mol. The molecule has 0 amide bonds. The molecule has 1 saturated heterocycles. The maximum atomic E-state index is 13.1. The Morgan fingerprint density at radius 1 is 1.07 bits per heavy atom. The third-order valence-electron chi connectivity index (χ3n) is 5.49. The van der Waals surface area contributed by atoms with Crippen molar-refractivity contribution in [2.24, 2.45) is 16.7 Å². The van der Waals surface area contributed by atoms with Gasteiger partial charge in [-0.15, -0.1) is 0 Å². The van der Waals surface area contributed by atoms with Gasteiger partial charge in [-0.1, -0.05) is 20.3 Å². The minimum Gasteiger partial charge on any atom is -0.469 e. The molecule has 0 aromatic carbocycles. The van der Waals surface area contributed by atoms with Crippen LogP contribution >= 0.6 is 0 Å². The quantitative estimate of drug-likeness (QED) is 0.273. The van der Waals surface area contributed by atoms with Gasteiger partial charge in [0.2, 0.25) is 0 Å². The summed E-state index contributed by atoms with van der Waals surface area (Å²) in [6.07, 6.45) is 1.91. The van der Waals surface area contributed by atoms with Crippen LogP contribution in [0.25, 0.3) is 0 Å². The van der Waals surface area contributed by atoms with E-state index in [1.54, 1.807) is 20.8 Å². The molecule has 1 rings (SSSR count). The SMILES string of the molecule is CCC(C)CC(C)(CC(C)(CC(C)(C)OC(C)=O)C(=O)OC)C(=O)OCC1CO1. The monoisotopic (exact) mass is 414 g/mol. The largest absolute Gasteiger partial charge is 0.469 e. The van der Waals surface area contributed by atoms with Crippen LogP contribution in [0.3, 0.4) is 0 Å². The number of epoxide rings is 1. The summed E-state index contributed by atoms with van der Waals surface area (Å²) < 4.78 is 21.2. The van der Waals surface area contributed by atoms with Gasteiger partial charge in [-0.25, -0.2) is 0 Å². The van der Waals surface area contributed by atoms with E-state index in [0.717, 1.165) is 6.42 Å². The number of methoxy groups -OCH3 is 1. The molecule has 7 nitrogen and oxygen atoms in total. The zero-order valence-electron chi connectivity index (χ0n) is 19.3. The minimum absolute atomic E-state index is 0.0262. The number of hydrogen-bond acceptors (Lipinski definition) is 7. The van der Waals surface area contributed by atoms with E-state index in [-0.39, 0.29) is 37.4 Å². The molecule has 4 atom stereocenters. The number of esters is 3. The second-order valence-corrected chi connectivity index (χ2v) is 9.59. The van der Waals surface area contributed by atoms with Crippen molar-refractivity contribution in [3.63, 3.8) is 0 Å². The summed E-state index contributed by atoms with van der Waals surface area (Å²) in [7, 11) is 1.33. The number of hydrogen-bond donors (Lipinski definition) is 0. The van der Waals surface area contributed by atoms with Gasteiger partial charge in [-0.2, -0.15) is 0 Å². The molecule has 1 aliphatic rings. The number of carbonyl (C=O) groups excluding carboxylic acids is 3. The summed E-state index contributed by atoms with van der Waals surface area (Å²) in [5.41, 5.74) is -2.82. The molecule has 4 unspecified atom stereocenters.